The van der Waals surface area contributed by atoms with Crippen LogP contribution in [0.1, 0.15) is 17.3 Å². The van der Waals surface area contributed by atoms with E-state index in [1.54, 1.807) is 4.90 Å². The Morgan fingerprint density at radius 2 is 2.44 bits per heavy atom. The van der Waals surface area contributed by atoms with Gasteiger partial charge in [-0.2, -0.15) is 0 Å². The van der Waals surface area contributed by atoms with Crippen LogP contribution in [0.25, 0.3) is 0 Å². The largest absolute Gasteiger partial charge is 0.373 e. The maximum Gasteiger partial charge on any atom is 0.255 e. The Morgan fingerprint density at radius 1 is 1.67 bits per heavy atom. The molecule has 1 aliphatic rings. The molecular formula is C12H14BrFN2O2. The molecule has 0 radical (unpaired) electrons. The van der Waals surface area contributed by atoms with Crippen LogP contribution in [-0.4, -0.2) is 46.4 Å². The van der Waals surface area contributed by atoms with E-state index in [9.17, 15) is 9.18 Å². The summed E-state index contributed by atoms with van der Waals surface area (Å²) in [5, 5.41) is 0.672. The Labute approximate surface area is 113 Å². The molecular weight excluding hydrogens is 303 g/mol. The van der Waals surface area contributed by atoms with Crippen molar-refractivity contribution in [3.8, 4) is 0 Å². The Kier molecular flexibility index (Phi) is 4.29. The normalized spacial score (nSPS) is 24.1. The van der Waals surface area contributed by atoms with Gasteiger partial charge in [0.2, 0.25) is 0 Å². The van der Waals surface area contributed by atoms with Gasteiger partial charge >= 0.3 is 0 Å². The number of carbonyl (C=O) groups excluding carboxylic acids is 1. The number of nitrogens with zero attached hydrogens (tertiary/aromatic N) is 2. The molecule has 1 saturated heterocycles. The molecule has 2 rings (SSSR count). The van der Waals surface area contributed by atoms with Gasteiger partial charge in [-0.15, -0.1) is 0 Å². The summed E-state index contributed by atoms with van der Waals surface area (Å²) in [6.45, 7) is 2.90. The SMILES string of the molecule is CC1COC(CBr)CN1C(=O)c1cncc(F)c1. The highest BCUT2D eigenvalue weighted by Crippen LogP contribution is 2.16. The highest BCUT2D eigenvalue weighted by atomic mass is 79.9. The molecule has 1 aliphatic heterocycles. The van der Waals surface area contributed by atoms with E-state index >= 15 is 0 Å². The molecule has 6 heteroatoms. The van der Waals surface area contributed by atoms with E-state index in [-0.39, 0.29) is 23.6 Å². The van der Waals surface area contributed by atoms with Crippen molar-refractivity contribution in [3.63, 3.8) is 0 Å². The summed E-state index contributed by atoms with van der Waals surface area (Å²) in [6, 6.07) is 1.19. The number of alkyl halides is 1. The fourth-order valence-corrected chi connectivity index (χ4v) is 2.28. The average molecular weight is 317 g/mol. The number of halogens is 2. The molecule has 18 heavy (non-hydrogen) atoms. The number of carbonyl (C=O) groups is 1. The quantitative estimate of drug-likeness (QED) is 0.782. The minimum absolute atomic E-state index is 0.0175. The first kappa shape index (κ1) is 13.4. The third-order valence-corrected chi connectivity index (χ3v) is 3.61. The zero-order valence-corrected chi connectivity index (χ0v) is 11.6. The second-order valence-electron chi connectivity index (χ2n) is 4.31. The lowest BCUT2D eigenvalue weighted by molar-refractivity contribution is -0.0361. The van der Waals surface area contributed by atoms with Crippen LogP contribution < -0.4 is 0 Å². The molecule has 0 saturated carbocycles. The molecule has 2 heterocycles. The maximum atomic E-state index is 13.1. The molecule has 0 bridgehead atoms. The minimum atomic E-state index is -0.501. The van der Waals surface area contributed by atoms with Crippen molar-refractivity contribution in [2.45, 2.75) is 19.1 Å². The third-order valence-electron chi connectivity index (χ3n) is 2.89. The van der Waals surface area contributed by atoms with Crippen LogP contribution >= 0.6 is 15.9 Å². The zero-order valence-electron chi connectivity index (χ0n) is 9.97. The summed E-state index contributed by atoms with van der Waals surface area (Å²) in [5.74, 6) is -0.706. The monoisotopic (exact) mass is 316 g/mol. The predicted octanol–water partition coefficient (Wildman–Crippen LogP) is 1.85. The number of hydrogen-bond donors (Lipinski definition) is 0. The fourth-order valence-electron chi connectivity index (χ4n) is 1.89. The molecule has 1 fully saturated rings. The molecule has 2 unspecified atom stereocenters. The summed E-state index contributed by atoms with van der Waals surface area (Å²) in [5.41, 5.74) is 0.275. The van der Waals surface area contributed by atoms with Crippen molar-refractivity contribution in [3.05, 3.63) is 29.8 Å². The number of hydrogen-bond acceptors (Lipinski definition) is 3. The summed E-state index contributed by atoms with van der Waals surface area (Å²) < 4.78 is 18.6. The van der Waals surface area contributed by atoms with Crippen molar-refractivity contribution in [2.75, 3.05) is 18.5 Å². The lowest BCUT2D eigenvalue weighted by Gasteiger charge is -2.37. The van der Waals surface area contributed by atoms with Crippen LogP contribution in [-0.2, 0) is 4.74 Å². The summed E-state index contributed by atoms with van der Waals surface area (Å²) >= 11 is 3.34. The molecule has 0 aromatic carbocycles. The molecule has 0 spiro atoms. The van der Waals surface area contributed by atoms with Crippen molar-refractivity contribution < 1.29 is 13.9 Å². The molecule has 1 amide bonds. The molecule has 98 valence electrons. The van der Waals surface area contributed by atoms with E-state index in [1.165, 1.54) is 12.3 Å². The van der Waals surface area contributed by atoms with Crippen LogP contribution in [0.15, 0.2) is 18.5 Å². The molecule has 2 atom stereocenters. The van der Waals surface area contributed by atoms with Gasteiger partial charge < -0.3 is 9.64 Å². The highest BCUT2D eigenvalue weighted by molar-refractivity contribution is 9.09. The average Bonchev–Trinajstić information content (AvgIpc) is 2.38. The number of morpholine rings is 1. The van der Waals surface area contributed by atoms with Gasteiger partial charge in [-0.3, -0.25) is 9.78 Å². The van der Waals surface area contributed by atoms with E-state index in [4.69, 9.17) is 4.74 Å². The van der Waals surface area contributed by atoms with Crippen LogP contribution in [0.3, 0.4) is 0 Å². The number of aromatic nitrogens is 1. The number of pyridine rings is 1. The van der Waals surface area contributed by atoms with Crippen molar-refractivity contribution in [1.82, 2.24) is 9.88 Å². The minimum Gasteiger partial charge on any atom is -0.373 e. The highest BCUT2D eigenvalue weighted by Gasteiger charge is 2.29. The Bertz CT molecular complexity index is 444. The predicted molar refractivity (Wildman–Crippen MR) is 68.2 cm³/mol. The first-order valence-corrected chi connectivity index (χ1v) is 6.83. The van der Waals surface area contributed by atoms with E-state index in [1.807, 2.05) is 6.92 Å². The summed E-state index contributed by atoms with van der Waals surface area (Å²) in [4.78, 5) is 17.7. The Balaban J connectivity index is 2.16. The van der Waals surface area contributed by atoms with E-state index in [0.29, 0.717) is 18.5 Å². The summed E-state index contributed by atoms with van der Waals surface area (Å²) in [6.07, 6.45) is 2.45. The van der Waals surface area contributed by atoms with Gasteiger partial charge in [0.15, 0.2) is 0 Å². The van der Waals surface area contributed by atoms with Crippen LogP contribution in [0.4, 0.5) is 4.39 Å². The van der Waals surface area contributed by atoms with Crippen LogP contribution in [0.2, 0.25) is 0 Å². The lowest BCUT2D eigenvalue weighted by Crippen LogP contribution is -2.51. The van der Waals surface area contributed by atoms with Crippen molar-refractivity contribution in [2.24, 2.45) is 0 Å². The van der Waals surface area contributed by atoms with Crippen molar-refractivity contribution >= 4 is 21.8 Å². The molecule has 0 N–H and O–H groups in total. The maximum absolute atomic E-state index is 13.1. The van der Waals surface area contributed by atoms with Crippen LogP contribution in [0, 0.1) is 5.82 Å². The molecule has 1 aromatic heterocycles. The third kappa shape index (κ3) is 2.87. The second-order valence-corrected chi connectivity index (χ2v) is 4.96. The van der Waals surface area contributed by atoms with E-state index in [0.717, 1.165) is 6.20 Å². The number of ether oxygens (including phenoxy) is 1. The van der Waals surface area contributed by atoms with Crippen molar-refractivity contribution in [1.29, 1.82) is 0 Å². The zero-order chi connectivity index (χ0) is 13.1. The first-order chi connectivity index (χ1) is 8.61. The summed E-state index contributed by atoms with van der Waals surface area (Å²) in [7, 11) is 0. The molecule has 4 nitrogen and oxygen atoms in total. The lowest BCUT2D eigenvalue weighted by atomic mass is 10.1. The van der Waals surface area contributed by atoms with Gasteiger partial charge in [-0.25, -0.2) is 4.39 Å². The van der Waals surface area contributed by atoms with Gasteiger partial charge in [-0.1, -0.05) is 15.9 Å². The first-order valence-electron chi connectivity index (χ1n) is 5.71. The molecule has 1 aromatic rings. The smallest absolute Gasteiger partial charge is 0.255 e. The fraction of sp³-hybridized carbons (Fsp3) is 0.500. The number of amides is 1. The van der Waals surface area contributed by atoms with Gasteiger partial charge in [0.25, 0.3) is 5.91 Å². The number of rotatable bonds is 2. The van der Waals surface area contributed by atoms with E-state index in [2.05, 4.69) is 20.9 Å². The van der Waals surface area contributed by atoms with Gasteiger partial charge in [0.05, 0.1) is 30.5 Å². The van der Waals surface area contributed by atoms with Gasteiger partial charge in [0.1, 0.15) is 5.82 Å². The standard InChI is InChI=1S/C12H14BrFN2O2/c1-8-7-18-11(3-13)6-16(8)12(17)9-2-10(14)5-15-4-9/h2,4-5,8,11H,3,6-7H2,1H3. The second kappa shape index (κ2) is 5.75. The Morgan fingerprint density at radius 3 is 3.11 bits per heavy atom. The Hall–Kier alpha value is -1.01. The van der Waals surface area contributed by atoms with Crippen LogP contribution in [0.5, 0.6) is 0 Å². The molecule has 0 aliphatic carbocycles. The van der Waals surface area contributed by atoms with Gasteiger partial charge in [0, 0.05) is 18.1 Å². The topological polar surface area (TPSA) is 42.4 Å². The van der Waals surface area contributed by atoms with E-state index < -0.39 is 5.82 Å². The van der Waals surface area contributed by atoms with Gasteiger partial charge in [-0.05, 0) is 13.0 Å².